The number of rotatable bonds is 5. The van der Waals surface area contributed by atoms with Gasteiger partial charge < -0.3 is 5.32 Å². The number of thiazole rings is 1. The zero-order chi connectivity index (χ0) is 14.7. The third-order valence-corrected chi connectivity index (χ3v) is 4.54. The van der Waals surface area contributed by atoms with Crippen molar-refractivity contribution in [2.75, 3.05) is 6.54 Å². The van der Waals surface area contributed by atoms with E-state index in [2.05, 4.69) is 17.2 Å². The molecule has 0 bridgehead atoms. The van der Waals surface area contributed by atoms with Crippen molar-refractivity contribution >= 4 is 22.9 Å². The number of aromatic nitrogens is 1. The van der Waals surface area contributed by atoms with Gasteiger partial charge in [0, 0.05) is 15.5 Å². The molecule has 1 N–H and O–H groups in total. The first-order valence-corrected chi connectivity index (χ1v) is 7.84. The molecule has 0 aliphatic carbocycles. The molecule has 2 aromatic rings. The summed E-state index contributed by atoms with van der Waals surface area (Å²) in [5.41, 5.74) is 1.60. The average molecular weight is 313 g/mol. The molecule has 0 radical (unpaired) electrons. The Kier molecular flexibility index (Phi) is 5.13. The van der Waals surface area contributed by atoms with Crippen molar-refractivity contribution in [1.82, 2.24) is 10.3 Å². The Hall–Kier alpha value is -0.970. The maximum atomic E-state index is 14.2. The van der Waals surface area contributed by atoms with Crippen LogP contribution in [0.5, 0.6) is 0 Å². The maximum absolute atomic E-state index is 14.2. The second kappa shape index (κ2) is 6.66. The fraction of sp³-hybridized carbons (Fsp3) is 0.400. The summed E-state index contributed by atoms with van der Waals surface area (Å²) in [6, 6.07) is 4.58. The van der Waals surface area contributed by atoms with Crippen LogP contribution < -0.4 is 5.32 Å². The molecule has 0 aliphatic heterocycles. The van der Waals surface area contributed by atoms with Crippen molar-refractivity contribution in [2.24, 2.45) is 0 Å². The van der Waals surface area contributed by atoms with Crippen molar-refractivity contribution in [1.29, 1.82) is 0 Å². The topological polar surface area (TPSA) is 24.9 Å². The fourth-order valence-electron chi connectivity index (χ4n) is 1.98. The second-order valence-corrected chi connectivity index (χ2v) is 6.42. The maximum Gasteiger partial charge on any atom is 0.129 e. The SMILES string of the molecule is CCCNC(c1nc(C)c(C)s1)c1ccc(Cl)cc1F. The third kappa shape index (κ3) is 3.37. The molecule has 0 saturated carbocycles. The molecule has 5 heteroatoms. The van der Waals surface area contributed by atoms with E-state index in [1.54, 1.807) is 23.5 Å². The Morgan fingerprint density at radius 1 is 1.40 bits per heavy atom. The number of nitrogens with zero attached hydrogens (tertiary/aromatic N) is 1. The lowest BCUT2D eigenvalue weighted by molar-refractivity contribution is 0.545. The summed E-state index contributed by atoms with van der Waals surface area (Å²) in [6.45, 7) is 6.90. The minimum atomic E-state index is -0.295. The van der Waals surface area contributed by atoms with Crippen LogP contribution in [0.15, 0.2) is 18.2 Å². The number of halogens is 2. The first-order chi connectivity index (χ1) is 9.52. The van der Waals surface area contributed by atoms with Crippen molar-refractivity contribution < 1.29 is 4.39 Å². The van der Waals surface area contributed by atoms with Gasteiger partial charge in [-0.15, -0.1) is 11.3 Å². The van der Waals surface area contributed by atoms with Gasteiger partial charge >= 0.3 is 0 Å². The van der Waals surface area contributed by atoms with E-state index in [9.17, 15) is 4.39 Å². The van der Waals surface area contributed by atoms with E-state index in [0.717, 1.165) is 28.5 Å². The van der Waals surface area contributed by atoms with Crippen LogP contribution in [-0.4, -0.2) is 11.5 Å². The molecule has 1 unspecified atom stereocenters. The fourth-order valence-corrected chi connectivity index (χ4v) is 3.15. The summed E-state index contributed by atoms with van der Waals surface area (Å²) in [4.78, 5) is 5.72. The van der Waals surface area contributed by atoms with Gasteiger partial charge in [0.15, 0.2) is 0 Å². The van der Waals surface area contributed by atoms with Crippen LogP contribution >= 0.6 is 22.9 Å². The summed E-state index contributed by atoms with van der Waals surface area (Å²) in [7, 11) is 0. The van der Waals surface area contributed by atoms with Crippen LogP contribution in [0.1, 0.15) is 40.5 Å². The molecule has 0 spiro atoms. The monoisotopic (exact) mass is 312 g/mol. The van der Waals surface area contributed by atoms with Crippen LogP contribution in [0.3, 0.4) is 0 Å². The molecule has 0 aliphatic rings. The van der Waals surface area contributed by atoms with E-state index in [1.165, 1.54) is 6.07 Å². The van der Waals surface area contributed by atoms with E-state index in [-0.39, 0.29) is 11.9 Å². The van der Waals surface area contributed by atoms with E-state index in [4.69, 9.17) is 11.6 Å². The second-order valence-electron chi connectivity index (χ2n) is 4.75. The standard InChI is InChI=1S/C15H18ClFN2S/c1-4-7-18-14(15-19-9(2)10(3)20-15)12-6-5-11(16)8-13(12)17/h5-6,8,14,18H,4,7H2,1-3H3. The van der Waals surface area contributed by atoms with Gasteiger partial charge in [0.1, 0.15) is 10.8 Å². The van der Waals surface area contributed by atoms with Crippen molar-refractivity contribution in [3.05, 3.63) is 50.2 Å². The van der Waals surface area contributed by atoms with Gasteiger partial charge in [-0.05, 0) is 38.9 Å². The number of nitrogens with one attached hydrogen (secondary N) is 1. The summed E-state index contributed by atoms with van der Waals surface area (Å²) in [5, 5.41) is 4.67. The predicted molar refractivity (Wildman–Crippen MR) is 83.1 cm³/mol. The first-order valence-electron chi connectivity index (χ1n) is 6.65. The molecule has 1 atom stereocenters. The van der Waals surface area contributed by atoms with E-state index in [0.29, 0.717) is 10.6 Å². The molecule has 0 amide bonds. The van der Waals surface area contributed by atoms with Crippen molar-refractivity contribution in [2.45, 2.75) is 33.2 Å². The lowest BCUT2D eigenvalue weighted by atomic mass is 10.1. The molecule has 0 fully saturated rings. The number of aryl methyl sites for hydroxylation is 2. The quantitative estimate of drug-likeness (QED) is 0.870. The normalized spacial score (nSPS) is 12.7. The highest BCUT2D eigenvalue weighted by atomic mass is 35.5. The van der Waals surface area contributed by atoms with E-state index in [1.807, 2.05) is 13.8 Å². The summed E-state index contributed by atoms with van der Waals surface area (Å²) < 4.78 is 14.2. The van der Waals surface area contributed by atoms with Gasteiger partial charge in [-0.2, -0.15) is 0 Å². The lowest BCUT2D eigenvalue weighted by Gasteiger charge is -2.17. The third-order valence-electron chi connectivity index (χ3n) is 3.16. The predicted octanol–water partition coefficient (Wildman–Crippen LogP) is 4.64. The highest BCUT2D eigenvalue weighted by Gasteiger charge is 2.21. The Balaban J connectivity index is 2.41. The Morgan fingerprint density at radius 3 is 2.70 bits per heavy atom. The molecule has 1 heterocycles. The highest BCUT2D eigenvalue weighted by molar-refractivity contribution is 7.11. The largest absolute Gasteiger partial charge is 0.304 e. The van der Waals surface area contributed by atoms with Gasteiger partial charge in [0.25, 0.3) is 0 Å². The van der Waals surface area contributed by atoms with E-state index >= 15 is 0 Å². The number of hydrogen-bond acceptors (Lipinski definition) is 3. The molecular formula is C15H18ClFN2S. The van der Waals surface area contributed by atoms with Crippen LogP contribution in [0.25, 0.3) is 0 Å². The number of hydrogen-bond donors (Lipinski definition) is 1. The number of benzene rings is 1. The van der Waals surface area contributed by atoms with Crippen LogP contribution in [0.4, 0.5) is 4.39 Å². The minimum Gasteiger partial charge on any atom is -0.304 e. The zero-order valence-corrected chi connectivity index (χ0v) is 13.4. The first kappa shape index (κ1) is 15.4. The van der Waals surface area contributed by atoms with Gasteiger partial charge in [-0.3, -0.25) is 0 Å². The van der Waals surface area contributed by atoms with E-state index < -0.39 is 0 Å². The molecule has 0 saturated heterocycles. The summed E-state index contributed by atoms with van der Waals surface area (Å²) in [5.74, 6) is -0.295. The van der Waals surface area contributed by atoms with Gasteiger partial charge in [-0.25, -0.2) is 9.37 Å². The molecule has 2 rings (SSSR count). The molecule has 1 aromatic carbocycles. The van der Waals surface area contributed by atoms with Crippen molar-refractivity contribution in [3.63, 3.8) is 0 Å². The van der Waals surface area contributed by atoms with Crippen LogP contribution in [0.2, 0.25) is 5.02 Å². The zero-order valence-electron chi connectivity index (χ0n) is 11.8. The Morgan fingerprint density at radius 2 is 2.15 bits per heavy atom. The smallest absolute Gasteiger partial charge is 0.129 e. The highest BCUT2D eigenvalue weighted by Crippen LogP contribution is 2.30. The lowest BCUT2D eigenvalue weighted by Crippen LogP contribution is -2.24. The van der Waals surface area contributed by atoms with Gasteiger partial charge in [0.2, 0.25) is 0 Å². The Bertz CT molecular complexity index is 578. The minimum absolute atomic E-state index is 0.218. The molecule has 1 aromatic heterocycles. The Labute approximate surface area is 128 Å². The van der Waals surface area contributed by atoms with Crippen LogP contribution in [0, 0.1) is 19.7 Å². The van der Waals surface area contributed by atoms with Crippen molar-refractivity contribution in [3.8, 4) is 0 Å². The molecule has 20 heavy (non-hydrogen) atoms. The van der Waals surface area contributed by atoms with Crippen LogP contribution in [-0.2, 0) is 0 Å². The summed E-state index contributed by atoms with van der Waals surface area (Å²) in [6.07, 6.45) is 0.981. The average Bonchev–Trinajstić information content (AvgIpc) is 2.72. The molecule has 2 nitrogen and oxygen atoms in total. The summed E-state index contributed by atoms with van der Waals surface area (Å²) >= 11 is 7.44. The molecular weight excluding hydrogens is 295 g/mol. The van der Waals surface area contributed by atoms with Gasteiger partial charge in [-0.1, -0.05) is 24.6 Å². The molecule has 108 valence electrons. The van der Waals surface area contributed by atoms with Gasteiger partial charge in [0.05, 0.1) is 11.7 Å².